The Morgan fingerprint density at radius 3 is 2.34 bits per heavy atom. The first-order valence-corrected chi connectivity index (χ1v) is 11.7. The number of aryl methyl sites for hydroxylation is 3. The summed E-state index contributed by atoms with van der Waals surface area (Å²) in [6.45, 7) is 9.49. The summed E-state index contributed by atoms with van der Waals surface area (Å²) in [4.78, 5) is 28.0. The monoisotopic (exact) mass is 493 g/mol. The summed E-state index contributed by atoms with van der Waals surface area (Å²) in [5, 5.41) is 12.0. The first kappa shape index (κ1) is 24.6. The maximum Gasteiger partial charge on any atom is 0.300 e. The SMILES string of the molecule is COc1cc(C)c(/C(O)=C2\C(=O)C(=O)N(c3ccc(C)c(Cl)c3)C2c2ccc(C)o2)cc1C(C)C. The van der Waals surface area contributed by atoms with Gasteiger partial charge in [0.25, 0.3) is 11.7 Å². The standard InChI is InChI=1S/C28H28ClNO5/c1-14(2)19-13-20(16(4)11-23(19)34-6)26(31)24-25(22-10-8-17(5)35-22)30(28(33)27(24)32)18-9-7-15(3)21(29)12-18/h7-14,25,31H,1-6H3/b26-24+. The van der Waals surface area contributed by atoms with Crippen LogP contribution in [0.3, 0.4) is 0 Å². The van der Waals surface area contributed by atoms with Crippen LogP contribution in [-0.4, -0.2) is 23.9 Å². The third-order valence-electron chi connectivity index (χ3n) is 6.36. The number of benzene rings is 2. The summed E-state index contributed by atoms with van der Waals surface area (Å²) in [7, 11) is 1.59. The largest absolute Gasteiger partial charge is 0.507 e. The first-order valence-electron chi connectivity index (χ1n) is 11.4. The van der Waals surface area contributed by atoms with Gasteiger partial charge in [-0.1, -0.05) is 31.5 Å². The molecular formula is C28H28ClNO5. The van der Waals surface area contributed by atoms with Crippen LogP contribution in [0.15, 0.2) is 52.5 Å². The van der Waals surface area contributed by atoms with E-state index in [-0.39, 0.29) is 17.3 Å². The van der Waals surface area contributed by atoms with E-state index in [4.69, 9.17) is 20.8 Å². The second-order valence-electron chi connectivity index (χ2n) is 9.11. The lowest BCUT2D eigenvalue weighted by molar-refractivity contribution is -0.132. The van der Waals surface area contributed by atoms with Gasteiger partial charge >= 0.3 is 0 Å². The smallest absolute Gasteiger partial charge is 0.300 e. The van der Waals surface area contributed by atoms with Crippen molar-refractivity contribution in [1.82, 2.24) is 0 Å². The van der Waals surface area contributed by atoms with E-state index in [9.17, 15) is 14.7 Å². The number of nitrogens with zero attached hydrogens (tertiary/aromatic N) is 1. The molecule has 4 rings (SSSR count). The highest BCUT2D eigenvalue weighted by Gasteiger charge is 2.48. The van der Waals surface area contributed by atoms with Crippen LogP contribution in [0.2, 0.25) is 5.02 Å². The Morgan fingerprint density at radius 2 is 1.77 bits per heavy atom. The van der Waals surface area contributed by atoms with E-state index in [1.54, 1.807) is 44.4 Å². The Bertz CT molecular complexity index is 1370. The highest BCUT2D eigenvalue weighted by atomic mass is 35.5. The number of carbonyl (C=O) groups is 2. The number of carbonyl (C=O) groups excluding carboxylic acids is 2. The number of aliphatic hydroxyl groups excluding tert-OH is 1. The Kier molecular flexibility index (Phi) is 6.52. The minimum absolute atomic E-state index is 0.0379. The lowest BCUT2D eigenvalue weighted by Gasteiger charge is -2.24. The average Bonchev–Trinajstić information content (AvgIpc) is 3.35. The maximum atomic E-state index is 13.4. The Hall–Kier alpha value is -3.51. The molecule has 2 heterocycles. The van der Waals surface area contributed by atoms with Crippen LogP contribution in [-0.2, 0) is 9.59 Å². The molecule has 1 saturated heterocycles. The van der Waals surface area contributed by atoms with Crippen LogP contribution in [0.5, 0.6) is 5.75 Å². The average molecular weight is 494 g/mol. The summed E-state index contributed by atoms with van der Waals surface area (Å²) in [6, 6.07) is 11.3. The van der Waals surface area contributed by atoms with Crippen LogP contribution in [0.1, 0.15) is 59.6 Å². The molecule has 35 heavy (non-hydrogen) atoms. The van der Waals surface area contributed by atoms with Crippen molar-refractivity contribution in [3.63, 3.8) is 0 Å². The number of rotatable bonds is 5. The minimum Gasteiger partial charge on any atom is -0.507 e. The summed E-state index contributed by atoms with van der Waals surface area (Å²) in [5.41, 5.74) is 3.29. The predicted molar refractivity (Wildman–Crippen MR) is 136 cm³/mol. The summed E-state index contributed by atoms with van der Waals surface area (Å²) >= 11 is 6.35. The van der Waals surface area contributed by atoms with Crippen molar-refractivity contribution in [2.45, 2.75) is 46.6 Å². The second kappa shape index (κ2) is 9.27. The van der Waals surface area contributed by atoms with Crippen LogP contribution in [0, 0.1) is 20.8 Å². The van der Waals surface area contributed by atoms with Crippen molar-refractivity contribution in [1.29, 1.82) is 0 Å². The van der Waals surface area contributed by atoms with E-state index in [0.29, 0.717) is 39.1 Å². The molecule has 2 aromatic carbocycles. The van der Waals surface area contributed by atoms with Crippen molar-refractivity contribution in [3.8, 4) is 5.75 Å². The van der Waals surface area contributed by atoms with Gasteiger partial charge in [0.1, 0.15) is 29.1 Å². The van der Waals surface area contributed by atoms with Crippen molar-refractivity contribution in [2.75, 3.05) is 12.0 Å². The number of amides is 1. The number of hydrogen-bond donors (Lipinski definition) is 1. The number of aliphatic hydroxyl groups is 1. The first-order chi connectivity index (χ1) is 16.5. The Labute approximate surface area is 209 Å². The fourth-order valence-corrected chi connectivity index (χ4v) is 4.60. The Balaban J connectivity index is 1.98. The van der Waals surface area contributed by atoms with Crippen LogP contribution < -0.4 is 9.64 Å². The third kappa shape index (κ3) is 4.23. The van der Waals surface area contributed by atoms with Gasteiger partial charge in [-0.15, -0.1) is 0 Å². The molecule has 1 unspecified atom stereocenters. The molecule has 1 fully saturated rings. The van der Waals surface area contributed by atoms with Gasteiger partial charge in [-0.25, -0.2) is 0 Å². The van der Waals surface area contributed by atoms with Gasteiger partial charge in [0.2, 0.25) is 0 Å². The number of hydrogen-bond acceptors (Lipinski definition) is 5. The lowest BCUT2D eigenvalue weighted by Crippen LogP contribution is -2.29. The Morgan fingerprint density at radius 1 is 1.06 bits per heavy atom. The van der Waals surface area contributed by atoms with Gasteiger partial charge in [-0.3, -0.25) is 14.5 Å². The normalized spacial score (nSPS) is 17.5. The molecule has 3 aromatic rings. The van der Waals surface area contributed by atoms with Gasteiger partial charge in [-0.05, 0) is 79.8 Å². The van der Waals surface area contributed by atoms with E-state index >= 15 is 0 Å². The maximum absolute atomic E-state index is 13.4. The minimum atomic E-state index is -0.952. The van der Waals surface area contributed by atoms with E-state index in [1.165, 1.54) is 4.90 Å². The molecule has 7 heteroatoms. The number of furan rings is 1. The molecule has 6 nitrogen and oxygen atoms in total. The molecule has 1 atom stereocenters. The lowest BCUT2D eigenvalue weighted by atomic mass is 9.92. The number of ketones is 1. The van der Waals surface area contributed by atoms with Crippen LogP contribution in [0.4, 0.5) is 5.69 Å². The van der Waals surface area contributed by atoms with Crippen LogP contribution in [0.25, 0.3) is 5.76 Å². The molecule has 1 N–H and O–H groups in total. The molecule has 1 aliphatic rings. The van der Waals surface area contributed by atoms with Crippen LogP contribution >= 0.6 is 11.6 Å². The van der Waals surface area contributed by atoms with Crippen molar-refractivity contribution in [2.24, 2.45) is 0 Å². The zero-order valence-corrected chi connectivity index (χ0v) is 21.4. The zero-order valence-electron chi connectivity index (χ0n) is 20.6. The van der Waals surface area contributed by atoms with Gasteiger partial charge in [-0.2, -0.15) is 0 Å². The molecule has 1 aliphatic heterocycles. The summed E-state index contributed by atoms with van der Waals surface area (Å²) < 4.78 is 11.4. The van der Waals surface area contributed by atoms with Gasteiger partial charge in [0.05, 0.1) is 12.7 Å². The summed E-state index contributed by atoms with van der Waals surface area (Å²) in [6.07, 6.45) is 0. The van der Waals surface area contributed by atoms with Crippen molar-refractivity contribution in [3.05, 3.63) is 86.8 Å². The topological polar surface area (TPSA) is 80.0 Å². The van der Waals surface area contributed by atoms with E-state index in [2.05, 4.69) is 0 Å². The highest BCUT2D eigenvalue weighted by Crippen LogP contribution is 2.44. The molecule has 0 spiro atoms. The van der Waals surface area contributed by atoms with Crippen molar-refractivity contribution < 1.29 is 23.8 Å². The fourth-order valence-electron chi connectivity index (χ4n) is 4.43. The molecular weight excluding hydrogens is 466 g/mol. The number of Topliss-reactive ketones (excluding diaryl/α,β-unsaturated/α-hetero) is 1. The molecule has 1 aromatic heterocycles. The number of ether oxygens (including phenoxy) is 1. The fraction of sp³-hybridized carbons (Fsp3) is 0.286. The van der Waals surface area contributed by atoms with E-state index in [0.717, 1.165) is 11.1 Å². The molecule has 0 saturated carbocycles. The molecule has 0 aliphatic carbocycles. The molecule has 0 bridgehead atoms. The molecule has 0 radical (unpaired) electrons. The quantitative estimate of drug-likeness (QED) is 0.245. The van der Waals surface area contributed by atoms with E-state index < -0.39 is 17.7 Å². The van der Waals surface area contributed by atoms with Gasteiger partial charge in [0, 0.05) is 16.3 Å². The number of halogens is 1. The number of methoxy groups -OCH3 is 1. The molecule has 182 valence electrons. The third-order valence-corrected chi connectivity index (χ3v) is 6.77. The predicted octanol–water partition coefficient (Wildman–Crippen LogP) is 6.62. The summed E-state index contributed by atoms with van der Waals surface area (Å²) in [5.74, 6) is -0.0179. The molecule has 1 amide bonds. The highest BCUT2D eigenvalue weighted by molar-refractivity contribution is 6.51. The van der Waals surface area contributed by atoms with E-state index in [1.807, 2.05) is 39.8 Å². The number of anilines is 1. The second-order valence-corrected chi connectivity index (χ2v) is 9.52. The van der Waals surface area contributed by atoms with Gasteiger partial charge in [0.15, 0.2) is 0 Å². The zero-order chi connectivity index (χ0) is 25.6. The van der Waals surface area contributed by atoms with Crippen molar-refractivity contribution >= 4 is 34.7 Å². The van der Waals surface area contributed by atoms with Gasteiger partial charge < -0.3 is 14.3 Å².